The van der Waals surface area contributed by atoms with E-state index in [1.807, 2.05) is 43.3 Å². The lowest BCUT2D eigenvalue weighted by molar-refractivity contribution is -0.144. The fourth-order valence-corrected chi connectivity index (χ4v) is 8.27. The SMILES string of the molecule is C/C=C1/NC(=O)CC[C@H](C(=O)O)NC(=O)[C@@H](C)C(/C=C/C(C)=C/[C@H](C)[C@H](Cc2ccccc2)OC)NC(=O)C(CCc2ccc(O)cc2)NC(=O)CC(C(=O)O)NC(=O)[C@H](CCc2ccc(O)cc2)NC(=O)[C@H](C)NC1=O. The number of hydrogen-bond acceptors (Lipinski definition) is 12. The van der Waals surface area contributed by atoms with Crippen LogP contribution in [-0.2, 0) is 67.2 Å². The second kappa shape index (κ2) is 30.3. The largest absolute Gasteiger partial charge is 0.508 e. The monoisotopic (exact) mass is 1070 g/mol. The number of methoxy groups -OCH3 is 1. The van der Waals surface area contributed by atoms with Crippen LogP contribution in [0, 0.1) is 11.8 Å². The molecule has 4 rings (SSSR count). The highest BCUT2D eigenvalue weighted by molar-refractivity contribution is 6.00. The van der Waals surface area contributed by atoms with Crippen LogP contribution in [-0.4, -0.2) is 123 Å². The third-order valence-corrected chi connectivity index (χ3v) is 13.0. The number of phenols is 2. The first-order chi connectivity index (χ1) is 36.6. The molecule has 414 valence electrons. The van der Waals surface area contributed by atoms with Gasteiger partial charge in [-0.25, -0.2) is 9.59 Å². The van der Waals surface area contributed by atoms with E-state index >= 15 is 0 Å². The van der Waals surface area contributed by atoms with Crippen LogP contribution in [0.3, 0.4) is 0 Å². The van der Waals surface area contributed by atoms with Crippen molar-refractivity contribution >= 4 is 53.3 Å². The lowest BCUT2D eigenvalue weighted by Gasteiger charge is -2.27. The summed E-state index contributed by atoms with van der Waals surface area (Å²) < 4.78 is 5.83. The van der Waals surface area contributed by atoms with Gasteiger partial charge in [-0.15, -0.1) is 0 Å². The molecule has 1 heterocycles. The van der Waals surface area contributed by atoms with Crippen molar-refractivity contribution in [2.75, 3.05) is 7.11 Å². The molecular formula is C56H71N7O14. The summed E-state index contributed by atoms with van der Waals surface area (Å²) in [5.74, 6) is -10.8. The van der Waals surface area contributed by atoms with Gasteiger partial charge in [-0.05, 0) is 100 Å². The van der Waals surface area contributed by atoms with Gasteiger partial charge in [-0.2, -0.15) is 0 Å². The van der Waals surface area contributed by atoms with Crippen LogP contribution in [0.15, 0.2) is 114 Å². The number of aromatic hydroxyl groups is 2. The maximum atomic E-state index is 14.5. The van der Waals surface area contributed by atoms with Crippen LogP contribution in [0.25, 0.3) is 0 Å². The summed E-state index contributed by atoms with van der Waals surface area (Å²) in [6.45, 7) is 7.91. The Hall–Kier alpha value is -8.33. The fraction of sp³-hybridized carbons (Fsp3) is 0.411. The number of benzene rings is 3. The number of carbonyl (C=O) groups excluding carboxylic acids is 7. The number of amides is 7. The second-order valence-corrected chi connectivity index (χ2v) is 19.0. The molecule has 3 aromatic carbocycles. The van der Waals surface area contributed by atoms with Crippen molar-refractivity contribution in [3.05, 3.63) is 131 Å². The van der Waals surface area contributed by atoms with Crippen LogP contribution in [0.5, 0.6) is 11.5 Å². The number of carboxylic acid groups (broad SMARTS) is 2. The lowest BCUT2D eigenvalue weighted by atomic mass is 9.94. The molecule has 1 saturated heterocycles. The van der Waals surface area contributed by atoms with Gasteiger partial charge >= 0.3 is 11.9 Å². The average molecular weight is 1070 g/mol. The highest BCUT2D eigenvalue weighted by Crippen LogP contribution is 2.19. The highest BCUT2D eigenvalue weighted by Gasteiger charge is 2.34. The summed E-state index contributed by atoms with van der Waals surface area (Å²) in [7, 11) is 1.61. The van der Waals surface area contributed by atoms with Gasteiger partial charge in [-0.1, -0.05) is 98.3 Å². The van der Waals surface area contributed by atoms with E-state index in [1.165, 1.54) is 57.2 Å². The summed E-state index contributed by atoms with van der Waals surface area (Å²) in [6, 6.07) is 12.8. The maximum absolute atomic E-state index is 14.5. The molecular weight excluding hydrogens is 995 g/mol. The Bertz CT molecular complexity index is 2640. The number of phenolic OH excluding ortho intramolecular Hbond substituents is 2. The molecule has 0 aromatic heterocycles. The smallest absolute Gasteiger partial charge is 0.326 e. The number of aliphatic carboxylic acids is 2. The van der Waals surface area contributed by atoms with Crippen molar-refractivity contribution < 1.29 is 68.3 Å². The Morgan fingerprint density at radius 2 is 1.22 bits per heavy atom. The predicted molar refractivity (Wildman–Crippen MR) is 283 cm³/mol. The second-order valence-electron chi connectivity index (χ2n) is 19.0. The number of carboxylic acids is 2. The number of aryl methyl sites for hydroxylation is 2. The molecule has 77 heavy (non-hydrogen) atoms. The van der Waals surface area contributed by atoms with E-state index in [1.54, 1.807) is 44.4 Å². The molecule has 1 fully saturated rings. The van der Waals surface area contributed by atoms with Crippen molar-refractivity contribution in [2.24, 2.45) is 11.8 Å². The molecule has 3 unspecified atom stereocenters. The number of carbonyl (C=O) groups is 9. The molecule has 9 atom stereocenters. The van der Waals surface area contributed by atoms with E-state index in [4.69, 9.17) is 4.74 Å². The van der Waals surface area contributed by atoms with Crippen LogP contribution < -0.4 is 37.2 Å². The van der Waals surface area contributed by atoms with Gasteiger partial charge in [0, 0.05) is 19.4 Å². The first-order valence-corrected chi connectivity index (χ1v) is 25.3. The zero-order valence-electron chi connectivity index (χ0n) is 44.0. The summed E-state index contributed by atoms with van der Waals surface area (Å²) in [5.41, 5.74) is 2.73. The van der Waals surface area contributed by atoms with Gasteiger partial charge in [0.2, 0.25) is 35.4 Å². The topological polar surface area (TPSA) is 328 Å². The van der Waals surface area contributed by atoms with Crippen molar-refractivity contribution in [2.45, 2.75) is 128 Å². The predicted octanol–water partition coefficient (Wildman–Crippen LogP) is 3.00. The lowest BCUT2D eigenvalue weighted by Crippen LogP contribution is -2.56. The first-order valence-electron chi connectivity index (χ1n) is 25.3. The van der Waals surface area contributed by atoms with Gasteiger partial charge in [-0.3, -0.25) is 33.6 Å². The Balaban J connectivity index is 1.75. The highest BCUT2D eigenvalue weighted by atomic mass is 16.5. The summed E-state index contributed by atoms with van der Waals surface area (Å²) >= 11 is 0. The van der Waals surface area contributed by atoms with Crippen LogP contribution in [0.2, 0.25) is 0 Å². The minimum Gasteiger partial charge on any atom is -0.508 e. The van der Waals surface area contributed by atoms with E-state index in [0.29, 0.717) is 23.1 Å². The molecule has 0 aliphatic carbocycles. The number of ether oxygens (including phenoxy) is 1. The van der Waals surface area contributed by atoms with E-state index < -0.39 is 115 Å². The van der Waals surface area contributed by atoms with Gasteiger partial charge in [0.15, 0.2) is 0 Å². The molecule has 21 heteroatoms. The van der Waals surface area contributed by atoms with E-state index in [0.717, 1.165) is 5.56 Å². The van der Waals surface area contributed by atoms with E-state index in [9.17, 15) is 63.6 Å². The Morgan fingerprint density at radius 1 is 0.675 bits per heavy atom. The third-order valence-electron chi connectivity index (χ3n) is 13.0. The molecule has 21 nitrogen and oxygen atoms in total. The maximum Gasteiger partial charge on any atom is 0.326 e. The number of nitrogens with one attached hydrogen (secondary N) is 7. The van der Waals surface area contributed by atoms with Gasteiger partial charge in [0.05, 0.1) is 24.5 Å². The van der Waals surface area contributed by atoms with Crippen molar-refractivity contribution in [3.8, 4) is 11.5 Å². The standard InChI is InChI=1S/C56H71N7O14/c1-7-41-52(70)57-35(5)51(69)61-44(26-19-37-16-22-40(65)23-17-37)54(72)63-46(56(75)76)31-49(67)59-43(25-18-36-14-20-39(64)21-15-36)53(71)60-42(34(4)50(68)62-45(55(73)74)27-28-48(66)58-41)24-13-32(2)29-33(3)47(77-6)30-38-11-9-8-10-12-38/h7-17,20-24,29,33-35,42-47,64-65H,18-19,25-28,30-31H2,1-6H3,(H,57,70)(H,58,66)(H,59,67)(H,60,71)(H,61,69)(H,62,68)(H,63,72)(H,73,74)(H,75,76)/b24-13+,32-29+,41-7+/t33-,34-,35-,42?,43?,44-,45+,46?,47-/m0/s1. The van der Waals surface area contributed by atoms with E-state index in [2.05, 4.69) is 37.2 Å². The fourth-order valence-electron chi connectivity index (χ4n) is 8.27. The van der Waals surface area contributed by atoms with Crippen molar-refractivity contribution in [1.82, 2.24) is 37.2 Å². The zero-order valence-corrected chi connectivity index (χ0v) is 44.0. The minimum atomic E-state index is -1.91. The number of allylic oxidation sites excluding steroid dienone is 3. The zero-order chi connectivity index (χ0) is 56.8. The Morgan fingerprint density at radius 3 is 1.77 bits per heavy atom. The molecule has 1 aliphatic rings. The van der Waals surface area contributed by atoms with Crippen LogP contribution in [0.4, 0.5) is 0 Å². The normalized spacial score (nSPS) is 23.6. The van der Waals surface area contributed by atoms with Crippen LogP contribution >= 0.6 is 0 Å². The quantitative estimate of drug-likeness (QED) is 0.0771. The van der Waals surface area contributed by atoms with Crippen molar-refractivity contribution in [3.63, 3.8) is 0 Å². The van der Waals surface area contributed by atoms with Crippen LogP contribution in [0.1, 0.15) is 83.4 Å². The minimum absolute atomic E-state index is 0.0222. The molecule has 7 amide bonds. The molecule has 3 aromatic rings. The first kappa shape index (κ1) is 61.2. The molecule has 0 spiro atoms. The summed E-state index contributed by atoms with van der Waals surface area (Å²) in [6.07, 6.45) is 4.95. The van der Waals surface area contributed by atoms with Gasteiger partial charge in [0.25, 0.3) is 5.91 Å². The Labute approximate surface area is 447 Å². The van der Waals surface area contributed by atoms with Crippen molar-refractivity contribution in [1.29, 1.82) is 0 Å². The van der Waals surface area contributed by atoms with E-state index in [-0.39, 0.29) is 54.9 Å². The van der Waals surface area contributed by atoms with Gasteiger partial charge < -0.3 is 62.4 Å². The Kier molecular flexibility index (Phi) is 24.1. The summed E-state index contributed by atoms with van der Waals surface area (Å²) in [5, 5.41) is 57.7. The average Bonchev–Trinajstić information content (AvgIpc) is 3.39. The van der Waals surface area contributed by atoms with Gasteiger partial charge in [0.1, 0.15) is 47.4 Å². The molecule has 0 radical (unpaired) electrons. The number of hydrogen-bond donors (Lipinski definition) is 11. The number of rotatable bonds is 15. The molecule has 1 aliphatic heterocycles. The molecule has 0 bridgehead atoms. The molecule has 0 saturated carbocycles. The third kappa shape index (κ3) is 20.4. The molecule has 11 N–H and O–H groups in total. The summed E-state index contributed by atoms with van der Waals surface area (Å²) in [4.78, 5) is 122.